The minimum absolute atomic E-state index is 0.0984. The van der Waals surface area contributed by atoms with E-state index in [0.29, 0.717) is 36.6 Å². The van der Waals surface area contributed by atoms with Crippen LogP contribution in [-0.2, 0) is 0 Å². The van der Waals surface area contributed by atoms with Crippen LogP contribution in [0.5, 0.6) is 11.5 Å². The first-order chi connectivity index (χ1) is 10.3. The Balaban J connectivity index is 1.54. The number of rotatable bonds is 1. The summed E-state index contributed by atoms with van der Waals surface area (Å²) in [6, 6.07) is 6.54. The number of ether oxygens (including phenoxy) is 2. The van der Waals surface area contributed by atoms with Gasteiger partial charge in [0.25, 0.3) is 5.91 Å². The predicted molar refractivity (Wildman–Crippen MR) is 77.9 cm³/mol. The highest BCUT2D eigenvalue weighted by Crippen LogP contribution is 2.31. The second-order valence-corrected chi connectivity index (χ2v) is 6.04. The third-order valence-corrected chi connectivity index (χ3v) is 4.60. The molecule has 0 radical (unpaired) electrons. The molecule has 1 aromatic rings. The Kier molecular flexibility index (Phi) is 3.22. The predicted octanol–water partition coefficient (Wildman–Crippen LogP) is 1.42. The second-order valence-electron chi connectivity index (χ2n) is 6.04. The maximum Gasteiger partial charge on any atom is 0.254 e. The van der Waals surface area contributed by atoms with Crippen molar-refractivity contribution >= 4 is 5.91 Å². The molecule has 2 fully saturated rings. The molecule has 3 aliphatic rings. The van der Waals surface area contributed by atoms with Gasteiger partial charge in [-0.25, -0.2) is 0 Å². The summed E-state index contributed by atoms with van der Waals surface area (Å²) in [6.45, 7) is 2.76. The largest absolute Gasteiger partial charge is 0.486 e. The zero-order valence-electron chi connectivity index (χ0n) is 12.0. The van der Waals surface area contributed by atoms with Crippen LogP contribution in [0.3, 0.4) is 0 Å². The maximum atomic E-state index is 12.7. The molecule has 21 heavy (non-hydrogen) atoms. The molecule has 0 saturated carbocycles. The molecule has 3 heterocycles. The molecule has 0 spiro atoms. The molecule has 2 bridgehead atoms. The Bertz CT molecular complexity index is 560. The van der Waals surface area contributed by atoms with Crippen molar-refractivity contribution in [2.45, 2.75) is 31.3 Å². The minimum atomic E-state index is 0.0984. The molecule has 1 N–H and O–H groups in total. The summed E-state index contributed by atoms with van der Waals surface area (Å²) < 4.78 is 11.1. The van der Waals surface area contributed by atoms with E-state index in [2.05, 4.69) is 5.32 Å². The van der Waals surface area contributed by atoms with Gasteiger partial charge in [-0.2, -0.15) is 0 Å². The van der Waals surface area contributed by atoms with E-state index in [1.54, 1.807) is 0 Å². The molecule has 0 aromatic heterocycles. The van der Waals surface area contributed by atoms with Crippen LogP contribution in [-0.4, -0.2) is 49.2 Å². The van der Waals surface area contributed by atoms with Crippen LogP contribution < -0.4 is 14.8 Å². The average molecular weight is 288 g/mol. The maximum absolute atomic E-state index is 12.7. The number of nitrogens with one attached hydrogen (secondary N) is 1. The van der Waals surface area contributed by atoms with E-state index < -0.39 is 0 Å². The van der Waals surface area contributed by atoms with Crippen molar-refractivity contribution in [2.24, 2.45) is 0 Å². The lowest BCUT2D eigenvalue weighted by atomic mass is 10.1. The van der Waals surface area contributed by atoms with E-state index in [0.717, 1.165) is 25.3 Å². The molecule has 5 nitrogen and oxygen atoms in total. The normalized spacial score (nSPS) is 27.3. The van der Waals surface area contributed by atoms with Crippen LogP contribution in [0, 0.1) is 0 Å². The van der Waals surface area contributed by atoms with Crippen molar-refractivity contribution < 1.29 is 14.3 Å². The topological polar surface area (TPSA) is 50.8 Å². The first-order valence-electron chi connectivity index (χ1n) is 7.74. The molecule has 1 amide bonds. The van der Waals surface area contributed by atoms with Gasteiger partial charge in [0.2, 0.25) is 0 Å². The fourth-order valence-corrected chi connectivity index (χ4v) is 3.49. The van der Waals surface area contributed by atoms with Crippen LogP contribution >= 0.6 is 0 Å². The quantitative estimate of drug-likeness (QED) is 0.849. The molecule has 1 aromatic carbocycles. The van der Waals surface area contributed by atoms with E-state index in [4.69, 9.17) is 9.47 Å². The Morgan fingerprint density at radius 3 is 2.81 bits per heavy atom. The number of likely N-dealkylation sites (tertiary alicyclic amines) is 1. The number of benzene rings is 1. The van der Waals surface area contributed by atoms with E-state index in [-0.39, 0.29) is 5.91 Å². The minimum Gasteiger partial charge on any atom is -0.486 e. The Morgan fingerprint density at radius 2 is 1.90 bits per heavy atom. The van der Waals surface area contributed by atoms with E-state index in [1.807, 2.05) is 23.1 Å². The van der Waals surface area contributed by atoms with Gasteiger partial charge >= 0.3 is 0 Å². The zero-order chi connectivity index (χ0) is 14.2. The van der Waals surface area contributed by atoms with Crippen LogP contribution in [0.25, 0.3) is 0 Å². The summed E-state index contributed by atoms with van der Waals surface area (Å²) in [4.78, 5) is 14.7. The van der Waals surface area contributed by atoms with Gasteiger partial charge in [-0.05, 0) is 37.5 Å². The standard InChI is InChI=1S/C16H20N2O3/c19-16(18-6-5-12-2-3-13(10-18)17-12)11-1-4-14-15(9-11)21-8-7-20-14/h1,4,9,12-13,17H,2-3,5-8,10H2. The third-order valence-electron chi connectivity index (χ3n) is 4.60. The first-order valence-corrected chi connectivity index (χ1v) is 7.74. The van der Waals surface area contributed by atoms with Crippen LogP contribution in [0.2, 0.25) is 0 Å². The van der Waals surface area contributed by atoms with Crippen molar-refractivity contribution in [1.29, 1.82) is 0 Å². The van der Waals surface area contributed by atoms with Crippen molar-refractivity contribution in [2.75, 3.05) is 26.3 Å². The van der Waals surface area contributed by atoms with Gasteiger partial charge in [0, 0.05) is 30.7 Å². The van der Waals surface area contributed by atoms with Crippen molar-refractivity contribution in [3.63, 3.8) is 0 Å². The number of carbonyl (C=O) groups excluding carboxylic acids is 1. The lowest BCUT2D eigenvalue weighted by molar-refractivity contribution is 0.0747. The van der Waals surface area contributed by atoms with Crippen molar-refractivity contribution in [3.05, 3.63) is 23.8 Å². The molecule has 2 saturated heterocycles. The summed E-state index contributed by atoms with van der Waals surface area (Å²) in [7, 11) is 0. The smallest absolute Gasteiger partial charge is 0.254 e. The fourth-order valence-electron chi connectivity index (χ4n) is 3.49. The average Bonchev–Trinajstić information content (AvgIpc) is 2.85. The Labute approximate surface area is 124 Å². The fraction of sp³-hybridized carbons (Fsp3) is 0.562. The highest BCUT2D eigenvalue weighted by Gasteiger charge is 2.31. The number of hydrogen-bond acceptors (Lipinski definition) is 4. The Morgan fingerprint density at radius 1 is 1.10 bits per heavy atom. The number of fused-ring (bicyclic) bond motifs is 3. The monoisotopic (exact) mass is 288 g/mol. The van der Waals surface area contributed by atoms with Gasteiger partial charge in [-0.1, -0.05) is 0 Å². The van der Waals surface area contributed by atoms with Gasteiger partial charge in [0.1, 0.15) is 13.2 Å². The van der Waals surface area contributed by atoms with Crippen LogP contribution in [0.1, 0.15) is 29.6 Å². The Hall–Kier alpha value is -1.75. The number of hydrogen-bond donors (Lipinski definition) is 1. The number of amides is 1. The second kappa shape index (κ2) is 5.22. The van der Waals surface area contributed by atoms with Gasteiger partial charge in [0.05, 0.1) is 0 Å². The molecular weight excluding hydrogens is 268 g/mol. The van der Waals surface area contributed by atoms with Crippen molar-refractivity contribution in [1.82, 2.24) is 10.2 Å². The van der Waals surface area contributed by atoms with E-state index in [9.17, 15) is 4.79 Å². The molecule has 2 unspecified atom stereocenters. The van der Waals surface area contributed by atoms with Gasteiger partial charge in [-0.15, -0.1) is 0 Å². The molecule has 3 aliphatic heterocycles. The molecule has 4 rings (SSSR count). The third kappa shape index (κ3) is 2.46. The highest BCUT2D eigenvalue weighted by atomic mass is 16.6. The zero-order valence-corrected chi connectivity index (χ0v) is 12.0. The SMILES string of the molecule is O=C(c1ccc2c(c1)OCCO2)N1CCC2CCC(C1)N2. The van der Waals surface area contributed by atoms with Crippen molar-refractivity contribution in [3.8, 4) is 11.5 Å². The van der Waals surface area contributed by atoms with E-state index >= 15 is 0 Å². The molecule has 5 heteroatoms. The summed E-state index contributed by atoms with van der Waals surface area (Å²) in [5.41, 5.74) is 0.692. The van der Waals surface area contributed by atoms with Gasteiger partial charge in [0.15, 0.2) is 11.5 Å². The first kappa shape index (κ1) is 13.0. The summed E-state index contributed by atoms with van der Waals surface area (Å²) in [5, 5.41) is 3.60. The molecule has 0 aliphatic carbocycles. The van der Waals surface area contributed by atoms with Gasteiger partial charge < -0.3 is 19.7 Å². The van der Waals surface area contributed by atoms with Crippen LogP contribution in [0.15, 0.2) is 18.2 Å². The summed E-state index contributed by atoms with van der Waals surface area (Å²) >= 11 is 0. The summed E-state index contributed by atoms with van der Waals surface area (Å²) in [6.07, 6.45) is 3.47. The van der Waals surface area contributed by atoms with Crippen LogP contribution in [0.4, 0.5) is 0 Å². The number of carbonyl (C=O) groups is 1. The molecular formula is C16H20N2O3. The highest BCUT2D eigenvalue weighted by molar-refractivity contribution is 5.95. The molecule has 112 valence electrons. The van der Waals surface area contributed by atoms with E-state index in [1.165, 1.54) is 12.8 Å². The summed E-state index contributed by atoms with van der Waals surface area (Å²) in [5.74, 6) is 1.51. The van der Waals surface area contributed by atoms with Gasteiger partial charge in [-0.3, -0.25) is 4.79 Å². The number of nitrogens with zero attached hydrogens (tertiary/aromatic N) is 1. The lowest BCUT2D eigenvalue weighted by Crippen LogP contribution is -2.39. The molecule has 2 atom stereocenters. The lowest BCUT2D eigenvalue weighted by Gasteiger charge is -2.25.